The Hall–Kier alpha value is -6.92. The predicted molar refractivity (Wildman–Crippen MR) is 201 cm³/mol. The number of nitrogens with zero attached hydrogens (tertiary/aromatic N) is 4. The molecule has 0 saturated carbocycles. The number of aromatic nitrogens is 4. The van der Waals surface area contributed by atoms with Crippen molar-refractivity contribution in [3.8, 4) is 34.4 Å². The van der Waals surface area contributed by atoms with Crippen molar-refractivity contribution in [1.29, 1.82) is 0 Å². The summed E-state index contributed by atoms with van der Waals surface area (Å²) in [6.07, 6.45) is 0. The lowest BCUT2D eigenvalue weighted by Crippen LogP contribution is -2.06. The molecule has 6 heteroatoms. The Bertz CT molecular complexity index is 3240. The van der Waals surface area contributed by atoms with Crippen LogP contribution < -0.4 is 4.74 Å². The summed E-state index contributed by atoms with van der Waals surface area (Å²) >= 11 is 0. The monoisotopic (exact) mass is 640 g/mol. The quantitative estimate of drug-likeness (QED) is 0.189. The molecule has 1 aliphatic heterocycles. The molecule has 0 radical (unpaired) electrons. The van der Waals surface area contributed by atoms with E-state index >= 15 is 0 Å². The maximum Gasteiger partial charge on any atom is 0.235 e. The molecule has 12 rings (SSSR count). The summed E-state index contributed by atoms with van der Waals surface area (Å²) in [5.74, 6) is 2.17. The lowest BCUT2D eigenvalue weighted by Gasteiger charge is -2.20. The predicted octanol–water partition coefficient (Wildman–Crippen LogP) is 11.5. The van der Waals surface area contributed by atoms with Crippen LogP contribution >= 0.6 is 0 Å². The molecule has 0 spiro atoms. The molecule has 11 aromatic rings. The van der Waals surface area contributed by atoms with Gasteiger partial charge in [-0.1, -0.05) is 72.8 Å². The normalized spacial score (nSPS) is 12.6. The Balaban J connectivity index is 1.19. The molecular formula is C44H24N4O2. The van der Waals surface area contributed by atoms with Crippen LogP contribution in [-0.2, 0) is 0 Å². The van der Waals surface area contributed by atoms with E-state index in [-0.39, 0.29) is 0 Å². The highest BCUT2D eigenvalue weighted by Crippen LogP contribution is 2.47. The molecule has 0 bridgehead atoms. The first-order valence-electron chi connectivity index (χ1n) is 16.8. The molecule has 232 valence electrons. The van der Waals surface area contributed by atoms with Crippen LogP contribution in [0.15, 0.2) is 150 Å². The summed E-state index contributed by atoms with van der Waals surface area (Å²) in [6.45, 7) is 0. The van der Waals surface area contributed by atoms with Crippen LogP contribution in [0.2, 0.25) is 0 Å². The van der Waals surface area contributed by atoms with Crippen molar-refractivity contribution >= 4 is 76.5 Å². The number of hydrogen-bond donors (Lipinski definition) is 0. The summed E-state index contributed by atoms with van der Waals surface area (Å²) in [5.41, 5.74) is 9.81. The van der Waals surface area contributed by atoms with Crippen molar-refractivity contribution in [3.05, 3.63) is 146 Å². The van der Waals surface area contributed by atoms with Crippen molar-refractivity contribution in [2.75, 3.05) is 0 Å². The second-order valence-electron chi connectivity index (χ2n) is 12.9. The van der Waals surface area contributed by atoms with Gasteiger partial charge in [-0.2, -0.15) is 0 Å². The zero-order chi connectivity index (χ0) is 32.5. The van der Waals surface area contributed by atoms with Crippen molar-refractivity contribution in [2.45, 2.75) is 0 Å². The molecule has 0 fully saturated rings. The minimum Gasteiger partial charge on any atom is -0.456 e. The Kier molecular flexibility index (Phi) is 4.89. The van der Waals surface area contributed by atoms with Gasteiger partial charge >= 0.3 is 0 Å². The summed E-state index contributed by atoms with van der Waals surface area (Å²) < 4.78 is 17.9. The van der Waals surface area contributed by atoms with Crippen LogP contribution in [0.1, 0.15) is 0 Å². The van der Waals surface area contributed by atoms with Gasteiger partial charge in [0.25, 0.3) is 0 Å². The fourth-order valence-corrected chi connectivity index (χ4v) is 8.26. The van der Waals surface area contributed by atoms with Gasteiger partial charge in [-0.3, -0.25) is 4.57 Å². The molecule has 50 heavy (non-hydrogen) atoms. The van der Waals surface area contributed by atoms with Gasteiger partial charge in [0.05, 0.1) is 49.4 Å². The van der Waals surface area contributed by atoms with Gasteiger partial charge in [0.1, 0.15) is 22.7 Å². The van der Waals surface area contributed by atoms with E-state index in [1.54, 1.807) is 0 Å². The van der Waals surface area contributed by atoms with Crippen molar-refractivity contribution in [1.82, 2.24) is 19.1 Å². The first-order chi connectivity index (χ1) is 24.8. The standard InChI is InChI=1S/C44H24N4O2/c1-2-11-25(12-3-1)47-32-17-7-4-13-28(32)38-34(47)23-21-26-27-22-24-35-39(43(27)50-42(26)38)29-14-5-8-18-33(29)48(35)44-45-31-16-10-20-37-40(31)41(46-44)30-15-6-9-19-36(30)49-37/h1-24H. The molecule has 5 heterocycles. The highest BCUT2D eigenvalue weighted by Gasteiger charge is 2.26. The summed E-state index contributed by atoms with van der Waals surface area (Å²) in [4.78, 5) is 10.4. The van der Waals surface area contributed by atoms with E-state index < -0.39 is 0 Å². The molecular weight excluding hydrogens is 617 g/mol. The summed E-state index contributed by atoms with van der Waals surface area (Å²) in [5, 5.41) is 7.51. The number of rotatable bonds is 2. The zero-order valence-electron chi connectivity index (χ0n) is 26.5. The molecule has 0 unspecified atom stereocenters. The van der Waals surface area contributed by atoms with Gasteiger partial charge in [-0.05, 0) is 72.8 Å². The SMILES string of the molecule is c1ccc(-n2c3ccccc3c3c4oc5c(ccc6c5c5ccccc5n6-c5nc6c7c(cccc7n5)Oc5ccccc5-6)c4ccc32)cc1. The van der Waals surface area contributed by atoms with Crippen molar-refractivity contribution in [3.63, 3.8) is 0 Å². The Labute approximate surface area is 284 Å². The molecule has 4 aromatic heterocycles. The van der Waals surface area contributed by atoms with Crippen LogP contribution in [0, 0.1) is 0 Å². The number of ether oxygens (including phenoxy) is 1. The number of para-hydroxylation sites is 4. The second-order valence-corrected chi connectivity index (χ2v) is 12.9. The number of hydrogen-bond acceptors (Lipinski definition) is 4. The second kappa shape index (κ2) is 9.36. The molecule has 6 nitrogen and oxygen atoms in total. The van der Waals surface area contributed by atoms with Crippen molar-refractivity contribution < 1.29 is 9.15 Å². The minimum absolute atomic E-state index is 0.608. The van der Waals surface area contributed by atoms with E-state index in [1.807, 2.05) is 36.4 Å². The third-order valence-electron chi connectivity index (χ3n) is 10.3. The average Bonchev–Trinajstić information content (AvgIpc) is 3.83. The lowest BCUT2D eigenvalue weighted by atomic mass is 10.0. The van der Waals surface area contributed by atoms with E-state index in [4.69, 9.17) is 19.1 Å². The molecule has 7 aromatic carbocycles. The number of furan rings is 1. The zero-order valence-corrected chi connectivity index (χ0v) is 26.5. The third kappa shape index (κ3) is 3.27. The molecule has 0 aliphatic carbocycles. The molecule has 0 saturated heterocycles. The third-order valence-corrected chi connectivity index (χ3v) is 10.3. The molecule has 0 amide bonds. The van der Waals surface area contributed by atoms with E-state index in [2.05, 4.69) is 118 Å². The van der Waals surface area contributed by atoms with Crippen LogP contribution in [0.5, 0.6) is 11.5 Å². The first kappa shape index (κ1) is 26.1. The smallest absolute Gasteiger partial charge is 0.235 e. The van der Waals surface area contributed by atoms with E-state index in [0.717, 1.165) is 105 Å². The maximum absolute atomic E-state index is 7.10. The van der Waals surface area contributed by atoms with Gasteiger partial charge < -0.3 is 13.7 Å². The first-order valence-corrected chi connectivity index (χ1v) is 16.8. The highest BCUT2D eigenvalue weighted by atomic mass is 16.5. The molecule has 0 N–H and O–H groups in total. The molecule has 1 aliphatic rings. The van der Waals surface area contributed by atoms with E-state index in [1.165, 1.54) is 0 Å². The van der Waals surface area contributed by atoms with Gasteiger partial charge in [-0.15, -0.1) is 0 Å². The van der Waals surface area contributed by atoms with Crippen LogP contribution in [0.3, 0.4) is 0 Å². The van der Waals surface area contributed by atoms with Gasteiger partial charge in [-0.25, -0.2) is 9.97 Å². The fraction of sp³-hybridized carbons (Fsp3) is 0. The Morgan fingerprint density at radius 1 is 0.420 bits per heavy atom. The van der Waals surface area contributed by atoms with Crippen LogP contribution in [0.25, 0.3) is 99.3 Å². The fourth-order valence-electron chi connectivity index (χ4n) is 8.26. The van der Waals surface area contributed by atoms with Gasteiger partial charge in [0, 0.05) is 32.8 Å². The Morgan fingerprint density at radius 3 is 1.80 bits per heavy atom. The van der Waals surface area contributed by atoms with Crippen molar-refractivity contribution in [2.24, 2.45) is 0 Å². The maximum atomic E-state index is 7.10. The minimum atomic E-state index is 0.608. The summed E-state index contributed by atoms with van der Waals surface area (Å²) in [7, 11) is 0. The van der Waals surface area contributed by atoms with Gasteiger partial charge in [0.2, 0.25) is 5.95 Å². The average molecular weight is 641 g/mol. The Morgan fingerprint density at radius 2 is 1.04 bits per heavy atom. The highest BCUT2D eigenvalue weighted by molar-refractivity contribution is 6.29. The lowest BCUT2D eigenvalue weighted by molar-refractivity contribution is 0.486. The van der Waals surface area contributed by atoms with Gasteiger partial charge in [0.15, 0.2) is 0 Å². The largest absolute Gasteiger partial charge is 0.456 e. The topological polar surface area (TPSA) is 58.0 Å². The molecule has 0 atom stereocenters. The van der Waals surface area contributed by atoms with Crippen LogP contribution in [-0.4, -0.2) is 19.1 Å². The van der Waals surface area contributed by atoms with E-state index in [9.17, 15) is 0 Å². The van der Waals surface area contributed by atoms with E-state index in [0.29, 0.717) is 5.95 Å². The summed E-state index contributed by atoms with van der Waals surface area (Å²) in [6, 6.07) is 50.5. The number of fused-ring (bicyclic) bond motifs is 13. The van der Waals surface area contributed by atoms with Crippen LogP contribution in [0.4, 0.5) is 0 Å². The number of benzene rings is 7.